The van der Waals surface area contributed by atoms with Gasteiger partial charge in [-0.25, -0.2) is 0 Å². The molecule has 0 aromatic carbocycles. The van der Waals surface area contributed by atoms with Gasteiger partial charge in [-0.15, -0.1) is 0 Å². The van der Waals surface area contributed by atoms with Crippen LogP contribution in [-0.2, 0) is 6.61 Å². The van der Waals surface area contributed by atoms with Crippen molar-refractivity contribution in [1.82, 2.24) is 4.98 Å². The third kappa shape index (κ3) is 1.49. The van der Waals surface area contributed by atoms with Crippen LogP contribution < -0.4 is 5.73 Å². The molecule has 0 spiro atoms. The molecule has 0 saturated carbocycles. The van der Waals surface area contributed by atoms with Crippen LogP contribution in [0.4, 0.5) is 5.69 Å². The van der Waals surface area contributed by atoms with Crippen LogP contribution in [0.2, 0.25) is 0 Å². The maximum absolute atomic E-state index is 8.87. The van der Waals surface area contributed by atoms with E-state index in [-0.39, 0.29) is 6.61 Å². The smallest absolute Gasteiger partial charge is 0.0719 e. The summed E-state index contributed by atoms with van der Waals surface area (Å²) in [5.41, 5.74) is 8.68. The van der Waals surface area contributed by atoms with Crippen LogP contribution in [0.3, 0.4) is 0 Å². The number of anilines is 1. The Morgan fingerprint density at radius 2 is 2.18 bits per heavy atom. The normalized spacial score (nSPS) is 10.1. The number of hydrogen-bond acceptors (Lipinski definition) is 3. The molecule has 3 N–H and O–H groups in total. The summed E-state index contributed by atoms with van der Waals surface area (Å²) in [5.74, 6) is 0. The topological polar surface area (TPSA) is 59.1 Å². The van der Waals surface area contributed by atoms with E-state index in [1.54, 1.807) is 6.07 Å². The summed E-state index contributed by atoms with van der Waals surface area (Å²) >= 11 is 0. The number of nitrogens with two attached hydrogens (primary N) is 1. The summed E-state index contributed by atoms with van der Waals surface area (Å²) in [6, 6.07) is 1.76. The van der Waals surface area contributed by atoms with Crippen molar-refractivity contribution in [2.24, 2.45) is 0 Å². The van der Waals surface area contributed by atoms with Crippen molar-refractivity contribution in [3.63, 3.8) is 0 Å². The van der Waals surface area contributed by atoms with E-state index < -0.39 is 0 Å². The summed E-state index contributed by atoms with van der Waals surface area (Å²) < 4.78 is 0. The maximum atomic E-state index is 8.87. The Kier molecular flexibility index (Phi) is 2.10. The fourth-order valence-electron chi connectivity index (χ4n) is 1.09. The van der Waals surface area contributed by atoms with E-state index in [4.69, 9.17) is 10.8 Å². The lowest BCUT2D eigenvalue weighted by atomic mass is 10.1. The first-order valence-electron chi connectivity index (χ1n) is 3.48. The molecule has 0 aliphatic heterocycles. The van der Waals surface area contributed by atoms with Gasteiger partial charge in [-0.1, -0.05) is 0 Å². The number of aromatic nitrogens is 1. The zero-order valence-electron chi connectivity index (χ0n) is 6.76. The van der Waals surface area contributed by atoms with Crippen molar-refractivity contribution in [1.29, 1.82) is 0 Å². The quantitative estimate of drug-likeness (QED) is 0.625. The highest BCUT2D eigenvalue weighted by Gasteiger charge is 2.02. The minimum atomic E-state index is -0.0368. The summed E-state index contributed by atoms with van der Waals surface area (Å²) in [5, 5.41) is 8.87. The molecule has 0 aliphatic rings. The minimum Gasteiger partial charge on any atom is -0.398 e. The number of nitrogen functional groups attached to an aromatic ring is 1. The van der Waals surface area contributed by atoms with E-state index in [9.17, 15) is 0 Å². The van der Waals surface area contributed by atoms with Crippen LogP contribution in [-0.4, -0.2) is 10.1 Å². The second kappa shape index (κ2) is 2.88. The Balaban J connectivity index is 3.25. The zero-order valence-corrected chi connectivity index (χ0v) is 6.76. The van der Waals surface area contributed by atoms with E-state index in [1.807, 2.05) is 13.8 Å². The number of rotatable bonds is 1. The van der Waals surface area contributed by atoms with Gasteiger partial charge in [0.25, 0.3) is 0 Å². The predicted molar refractivity (Wildman–Crippen MR) is 44.0 cm³/mol. The van der Waals surface area contributed by atoms with Crippen molar-refractivity contribution in [2.45, 2.75) is 20.5 Å². The van der Waals surface area contributed by atoms with Gasteiger partial charge in [0, 0.05) is 22.6 Å². The third-order valence-corrected chi connectivity index (χ3v) is 1.65. The van der Waals surface area contributed by atoms with Gasteiger partial charge < -0.3 is 10.8 Å². The fraction of sp³-hybridized carbons (Fsp3) is 0.375. The molecule has 0 atom stereocenters. The second-order valence-corrected chi connectivity index (χ2v) is 2.57. The monoisotopic (exact) mass is 152 g/mol. The lowest BCUT2D eigenvalue weighted by Gasteiger charge is -2.06. The van der Waals surface area contributed by atoms with Crippen LogP contribution in [0, 0.1) is 13.8 Å². The SMILES string of the molecule is Cc1cc(N)c(CO)c(C)n1. The average molecular weight is 152 g/mol. The van der Waals surface area contributed by atoms with Gasteiger partial charge in [0.2, 0.25) is 0 Å². The lowest BCUT2D eigenvalue weighted by Crippen LogP contribution is -2.00. The van der Waals surface area contributed by atoms with Crippen molar-refractivity contribution in [3.8, 4) is 0 Å². The number of aliphatic hydroxyl groups excluding tert-OH is 1. The molecule has 1 heterocycles. The van der Waals surface area contributed by atoms with Crippen LogP contribution >= 0.6 is 0 Å². The van der Waals surface area contributed by atoms with Gasteiger partial charge in [0.1, 0.15) is 0 Å². The van der Waals surface area contributed by atoms with Gasteiger partial charge >= 0.3 is 0 Å². The molecule has 0 bridgehead atoms. The van der Waals surface area contributed by atoms with E-state index in [1.165, 1.54) is 0 Å². The molecular formula is C8H12N2O. The first-order valence-corrected chi connectivity index (χ1v) is 3.48. The van der Waals surface area contributed by atoms with Crippen molar-refractivity contribution in [2.75, 3.05) is 5.73 Å². The maximum Gasteiger partial charge on any atom is 0.0719 e. The molecule has 0 fully saturated rings. The number of aryl methyl sites for hydroxylation is 2. The molecular weight excluding hydrogens is 140 g/mol. The average Bonchev–Trinajstić information content (AvgIpc) is 1.85. The molecule has 0 saturated heterocycles. The van der Waals surface area contributed by atoms with E-state index in [0.29, 0.717) is 5.69 Å². The summed E-state index contributed by atoms with van der Waals surface area (Å²) in [4.78, 5) is 4.17. The predicted octanol–water partition coefficient (Wildman–Crippen LogP) is 0.773. The molecule has 0 amide bonds. The molecule has 1 aromatic rings. The van der Waals surface area contributed by atoms with E-state index >= 15 is 0 Å². The van der Waals surface area contributed by atoms with Crippen molar-refractivity contribution < 1.29 is 5.11 Å². The second-order valence-electron chi connectivity index (χ2n) is 2.57. The van der Waals surface area contributed by atoms with Crippen LogP contribution in [0.1, 0.15) is 17.0 Å². The molecule has 0 radical (unpaired) electrons. The lowest BCUT2D eigenvalue weighted by molar-refractivity contribution is 0.281. The fourth-order valence-corrected chi connectivity index (χ4v) is 1.09. The molecule has 3 nitrogen and oxygen atoms in total. The minimum absolute atomic E-state index is 0.0368. The van der Waals surface area contributed by atoms with E-state index in [0.717, 1.165) is 17.0 Å². The summed E-state index contributed by atoms with van der Waals surface area (Å²) in [6.45, 7) is 3.68. The number of pyridine rings is 1. The molecule has 1 rings (SSSR count). The van der Waals surface area contributed by atoms with Crippen LogP contribution in [0.15, 0.2) is 6.07 Å². The largest absolute Gasteiger partial charge is 0.398 e. The van der Waals surface area contributed by atoms with Crippen molar-refractivity contribution in [3.05, 3.63) is 23.0 Å². The van der Waals surface area contributed by atoms with Crippen LogP contribution in [0.25, 0.3) is 0 Å². The molecule has 0 unspecified atom stereocenters. The Labute approximate surface area is 65.9 Å². The third-order valence-electron chi connectivity index (χ3n) is 1.65. The highest BCUT2D eigenvalue weighted by Crippen LogP contribution is 2.15. The number of hydrogen-bond donors (Lipinski definition) is 2. The number of aliphatic hydroxyl groups is 1. The van der Waals surface area contributed by atoms with Crippen LogP contribution in [0.5, 0.6) is 0 Å². The van der Waals surface area contributed by atoms with Gasteiger partial charge in [-0.05, 0) is 19.9 Å². The highest BCUT2D eigenvalue weighted by molar-refractivity contribution is 5.49. The van der Waals surface area contributed by atoms with Crippen molar-refractivity contribution >= 4 is 5.69 Å². The Morgan fingerprint density at radius 3 is 2.64 bits per heavy atom. The highest BCUT2D eigenvalue weighted by atomic mass is 16.3. The van der Waals surface area contributed by atoms with E-state index in [2.05, 4.69) is 4.98 Å². The molecule has 0 aliphatic carbocycles. The standard InChI is InChI=1S/C8H12N2O/c1-5-3-8(9)7(4-11)6(2)10-5/h3,11H,4H2,1-2H3,(H2,9,10). The summed E-state index contributed by atoms with van der Waals surface area (Å²) in [7, 11) is 0. The number of nitrogens with zero attached hydrogens (tertiary/aromatic N) is 1. The summed E-state index contributed by atoms with van der Waals surface area (Å²) in [6.07, 6.45) is 0. The Morgan fingerprint density at radius 1 is 1.55 bits per heavy atom. The molecule has 3 heteroatoms. The first-order chi connectivity index (χ1) is 5.15. The molecule has 60 valence electrons. The van der Waals surface area contributed by atoms with Gasteiger partial charge in [-0.3, -0.25) is 4.98 Å². The van der Waals surface area contributed by atoms with Gasteiger partial charge in [0.05, 0.1) is 6.61 Å². The van der Waals surface area contributed by atoms with Gasteiger partial charge in [0.15, 0.2) is 0 Å². The Bertz CT molecular complexity index is 248. The zero-order chi connectivity index (χ0) is 8.43. The first kappa shape index (κ1) is 8.01. The molecule has 11 heavy (non-hydrogen) atoms. The molecule has 1 aromatic heterocycles. The Hall–Kier alpha value is -1.09. The van der Waals surface area contributed by atoms with Gasteiger partial charge in [-0.2, -0.15) is 0 Å².